The lowest BCUT2D eigenvalue weighted by atomic mass is 9.94. The smallest absolute Gasteiger partial charge is 0.0541 e. The molecule has 10 aromatic rings. The highest BCUT2D eigenvalue weighted by atomic mass is 15.1. The van der Waals surface area contributed by atoms with Crippen LogP contribution in [0.4, 0.5) is 17.1 Å². The first-order valence-electron chi connectivity index (χ1n) is 20.5. The Bertz CT molecular complexity index is 2960. The Balaban J connectivity index is 0.985. The molecule has 4 nitrogen and oxygen atoms in total. The maximum absolute atomic E-state index is 2.48. The summed E-state index contributed by atoms with van der Waals surface area (Å²) in [6.45, 7) is 0. The molecule has 0 saturated heterocycles. The van der Waals surface area contributed by atoms with Gasteiger partial charge in [0.15, 0.2) is 0 Å². The number of fused-ring (bicyclic) bond motifs is 9. The van der Waals surface area contributed by atoms with Crippen molar-refractivity contribution in [2.75, 3.05) is 4.90 Å². The van der Waals surface area contributed by atoms with Crippen molar-refractivity contribution in [2.45, 2.75) is 25.7 Å². The minimum absolute atomic E-state index is 1.10. The molecule has 4 heteroatoms. The van der Waals surface area contributed by atoms with Crippen molar-refractivity contribution in [3.63, 3.8) is 0 Å². The van der Waals surface area contributed by atoms with E-state index in [4.69, 9.17) is 0 Å². The van der Waals surface area contributed by atoms with Gasteiger partial charge in [0.2, 0.25) is 0 Å². The highest BCUT2D eigenvalue weighted by molar-refractivity contribution is 6.10. The van der Waals surface area contributed by atoms with Crippen LogP contribution in [0.3, 0.4) is 0 Å². The maximum Gasteiger partial charge on any atom is 0.0541 e. The van der Waals surface area contributed by atoms with E-state index in [1.807, 2.05) is 0 Å². The summed E-state index contributed by atoms with van der Waals surface area (Å²) in [5, 5.41) is 5.07. The fourth-order valence-electron chi connectivity index (χ4n) is 9.84. The van der Waals surface area contributed by atoms with E-state index in [0.29, 0.717) is 0 Å². The second kappa shape index (κ2) is 13.1. The summed E-state index contributed by atoms with van der Waals surface area (Å²) >= 11 is 0. The number of anilines is 3. The number of benzene rings is 7. The van der Waals surface area contributed by atoms with Crippen LogP contribution in [0.25, 0.3) is 72.8 Å². The van der Waals surface area contributed by atoms with Crippen molar-refractivity contribution in [3.8, 4) is 17.1 Å². The molecule has 2 aliphatic carbocycles. The first-order chi connectivity index (χ1) is 28.8. The van der Waals surface area contributed by atoms with E-state index < -0.39 is 0 Å². The van der Waals surface area contributed by atoms with Gasteiger partial charge in [-0.05, 0) is 146 Å². The minimum atomic E-state index is 1.10. The highest BCUT2D eigenvalue weighted by Gasteiger charge is 2.24. The Morgan fingerprint density at radius 1 is 0.328 bits per heavy atom. The Hall–Kier alpha value is -7.30. The van der Waals surface area contributed by atoms with Crippen LogP contribution in [-0.4, -0.2) is 13.7 Å². The van der Waals surface area contributed by atoms with E-state index in [9.17, 15) is 0 Å². The molecule has 0 radical (unpaired) electrons. The summed E-state index contributed by atoms with van der Waals surface area (Å²) in [5.41, 5.74) is 17.4. The van der Waals surface area contributed by atoms with Crippen LogP contribution in [0, 0.1) is 0 Å². The fraction of sp³-hybridized carbons (Fsp3) is 0.0741. The van der Waals surface area contributed by atoms with Gasteiger partial charge in [-0.1, -0.05) is 84.9 Å². The minimum Gasteiger partial charge on any atom is -0.310 e. The molecule has 3 heterocycles. The summed E-state index contributed by atoms with van der Waals surface area (Å²) < 4.78 is 7.25. The van der Waals surface area contributed by atoms with E-state index in [2.05, 4.69) is 213 Å². The predicted octanol–water partition coefficient (Wildman–Crippen LogP) is 14.1. The maximum atomic E-state index is 2.48. The fourth-order valence-corrected chi connectivity index (χ4v) is 9.84. The van der Waals surface area contributed by atoms with Crippen molar-refractivity contribution in [2.24, 2.45) is 0 Å². The van der Waals surface area contributed by atoms with Gasteiger partial charge in [0.25, 0.3) is 0 Å². The average molecular weight is 745 g/mol. The zero-order chi connectivity index (χ0) is 38.2. The molecule has 0 amide bonds. The first-order valence-corrected chi connectivity index (χ1v) is 20.5. The third-order valence-electron chi connectivity index (χ3n) is 12.4. The van der Waals surface area contributed by atoms with Gasteiger partial charge >= 0.3 is 0 Å². The zero-order valence-electron chi connectivity index (χ0n) is 32.1. The van der Waals surface area contributed by atoms with Crippen LogP contribution >= 0.6 is 0 Å². The number of hydrogen-bond donors (Lipinski definition) is 0. The number of aromatic nitrogens is 3. The number of rotatable bonds is 6. The van der Waals surface area contributed by atoms with Crippen molar-refractivity contribution in [1.29, 1.82) is 0 Å². The topological polar surface area (TPSA) is 18.0 Å². The Morgan fingerprint density at radius 2 is 0.638 bits per heavy atom. The van der Waals surface area contributed by atoms with Crippen molar-refractivity contribution >= 4 is 72.8 Å². The Labute approximate surface area is 337 Å². The molecule has 0 spiro atoms. The van der Waals surface area contributed by atoms with Gasteiger partial charge < -0.3 is 18.6 Å². The third kappa shape index (κ3) is 5.01. The number of nitrogens with zero attached hydrogens (tertiary/aromatic N) is 4. The summed E-state index contributed by atoms with van der Waals surface area (Å²) in [7, 11) is 0. The lowest BCUT2D eigenvalue weighted by Gasteiger charge is -2.26. The van der Waals surface area contributed by atoms with Crippen LogP contribution < -0.4 is 4.90 Å². The van der Waals surface area contributed by atoms with Crippen molar-refractivity contribution in [1.82, 2.24) is 13.7 Å². The summed E-state index contributed by atoms with van der Waals surface area (Å²) in [5.74, 6) is 0. The number of para-hydroxylation sites is 4. The average Bonchev–Trinajstić information content (AvgIpc) is 3.93. The normalized spacial score (nSPS) is 13.4. The quantitative estimate of drug-likeness (QED) is 0.166. The summed E-state index contributed by atoms with van der Waals surface area (Å²) in [6.07, 6.45) is 13.8. The molecular formula is C54H40N4. The van der Waals surface area contributed by atoms with Crippen molar-refractivity contribution < 1.29 is 0 Å². The SMILES string of the molecule is C1=Cc2c(c3c(n2-c2ccc(N(c4ccc(-n5c6ccccc6c6ccccc65)cc4)c4ccc(-n5c6ccccc6c6ccccc65)cc4)cc2)C=CCC3)CC1. The van der Waals surface area contributed by atoms with E-state index in [-0.39, 0.29) is 0 Å². The van der Waals surface area contributed by atoms with Gasteiger partial charge in [0.05, 0.1) is 22.1 Å². The molecule has 12 rings (SSSR count). The first kappa shape index (κ1) is 32.9. The second-order valence-corrected chi connectivity index (χ2v) is 15.6. The van der Waals surface area contributed by atoms with Gasteiger partial charge in [-0.15, -0.1) is 0 Å². The number of hydrogen-bond acceptors (Lipinski definition) is 1. The van der Waals surface area contributed by atoms with Crippen LogP contribution in [0.2, 0.25) is 0 Å². The molecule has 0 atom stereocenters. The lowest BCUT2D eigenvalue weighted by molar-refractivity contribution is 0.922. The largest absolute Gasteiger partial charge is 0.310 e. The number of allylic oxidation sites excluding steroid dienone is 2. The molecule has 0 bridgehead atoms. The van der Waals surface area contributed by atoms with E-state index >= 15 is 0 Å². The zero-order valence-corrected chi connectivity index (χ0v) is 32.1. The van der Waals surface area contributed by atoms with Crippen LogP contribution in [0.1, 0.15) is 35.4 Å². The molecule has 276 valence electrons. The molecule has 0 saturated carbocycles. The third-order valence-corrected chi connectivity index (χ3v) is 12.4. The monoisotopic (exact) mass is 744 g/mol. The van der Waals surface area contributed by atoms with Crippen molar-refractivity contribution in [3.05, 3.63) is 205 Å². The molecule has 7 aromatic carbocycles. The standard InChI is InChI=1S/C54H40N4/c1-7-19-49-43(13-1)44-14-2-8-20-50(44)56(49)40-31-25-37(26-32-40)55(38-27-33-41(34-28-38)57-51-21-9-3-15-45(51)46-16-4-10-22-52(46)57)39-29-35-42(36-30-39)58-53-23-11-5-17-47(53)48-18-6-12-24-54(48)58/h1-4,7-16,19-36H,5-6,17-18H2. The predicted molar refractivity (Wildman–Crippen MR) is 244 cm³/mol. The van der Waals surface area contributed by atoms with Crippen LogP contribution in [0.15, 0.2) is 182 Å². The molecule has 0 aliphatic heterocycles. The Morgan fingerprint density at radius 3 is 0.983 bits per heavy atom. The van der Waals surface area contributed by atoms with E-state index in [0.717, 1.165) is 54.1 Å². The van der Waals surface area contributed by atoms with Crippen LogP contribution in [-0.2, 0) is 12.8 Å². The second-order valence-electron chi connectivity index (χ2n) is 15.6. The summed E-state index contributed by atoms with van der Waals surface area (Å²) in [4.78, 5) is 2.38. The molecule has 0 fully saturated rings. The lowest BCUT2D eigenvalue weighted by Crippen LogP contribution is -2.11. The molecule has 58 heavy (non-hydrogen) atoms. The van der Waals surface area contributed by atoms with Gasteiger partial charge in [-0.25, -0.2) is 0 Å². The summed E-state index contributed by atoms with van der Waals surface area (Å²) in [6, 6.07) is 62.1. The van der Waals surface area contributed by atoms with Gasteiger partial charge in [0, 0.05) is 67.1 Å². The van der Waals surface area contributed by atoms with E-state index in [1.54, 1.807) is 0 Å². The van der Waals surface area contributed by atoms with Gasteiger partial charge in [0.1, 0.15) is 0 Å². The Kier molecular flexibility index (Phi) is 7.45. The van der Waals surface area contributed by atoms with Gasteiger partial charge in [-0.2, -0.15) is 0 Å². The molecule has 0 unspecified atom stereocenters. The van der Waals surface area contributed by atoms with E-state index in [1.165, 1.54) is 71.8 Å². The van der Waals surface area contributed by atoms with Gasteiger partial charge in [-0.3, -0.25) is 0 Å². The molecule has 2 aliphatic rings. The molecular weight excluding hydrogens is 705 g/mol. The highest BCUT2D eigenvalue weighted by Crippen LogP contribution is 2.40. The molecule has 0 N–H and O–H groups in total. The van der Waals surface area contributed by atoms with Crippen LogP contribution in [0.5, 0.6) is 0 Å². The molecule has 3 aromatic heterocycles.